The molecule has 0 aromatic heterocycles. The fourth-order valence-electron chi connectivity index (χ4n) is 3.15. The second kappa shape index (κ2) is 4.03. The Morgan fingerprint density at radius 1 is 1.13 bits per heavy atom. The molecule has 2 aliphatic rings. The third kappa shape index (κ3) is 2.34. The van der Waals surface area contributed by atoms with Gasteiger partial charge in [-0.2, -0.15) is 0 Å². The van der Waals surface area contributed by atoms with Crippen LogP contribution in [0.4, 0.5) is 0 Å². The number of rotatable bonds is 1. The summed E-state index contributed by atoms with van der Waals surface area (Å²) in [5.41, 5.74) is 0. The molecule has 2 aliphatic carbocycles. The molecule has 88 valence electrons. The van der Waals surface area contributed by atoms with Crippen LogP contribution in [0.1, 0.15) is 38.5 Å². The van der Waals surface area contributed by atoms with Gasteiger partial charge in [-0.1, -0.05) is 6.42 Å². The molecule has 0 aliphatic heterocycles. The van der Waals surface area contributed by atoms with Crippen molar-refractivity contribution in [1.82, 2.24) is 0 Å². The van der Waals surface area contributed by atoms with Crippen LogP contribution in [0.3, 0.4) is 0 Å². The summed E-state index contributed by atoms with van der Waals surface area (Å²) >= 11 is 0. The van der Waals surface area contributed by atoms with Gasteiger partial charge in [0.05, 0.1) is 16.2 Å². The van der Waals surface area contributed by atoms with E-state index < -0.39 is 15.4 Å². The van der Waals surface area contributed by atoms with Gasteiger partial charge in [0.15, 0.2) is 0 Å². The third-order valence-electron chi connectivity index (χ3n) is 3.97. The molecule has 0 aromatic rings. The minimum Gasteiger partial charge on any atom is -0.748 e. The number of aliphatic hydroxyl groups is 1. The van der Waals surface area contributed by atoms with E-state index in [1.54, 1.807) is 0 Å². The highest BCUT2D eigenvalue weighted by Crippen LogP contribution is 2.42. The first-order valence-corrected chi connectivity index (χ1v) is 7.08. The van der Waals surface area contributed by atoms with Crippen molar-refractivity contribution < 1.29 is 18.1 Å². The van der Waals surface area contributed by atoms with Gasteiger partial charge in [-0.25, -0.2) is 8.42 Å². The second-order valence-corrected chi connectivity index (χ2v) is 6.50. The standard InChI is InChI=1S/C10H18O4S/c11-10-3-1-2-7-6-8(15(12,13)14)4-5-9(7)10/h7-11H,1-6H2,(H,12,13,14)/p-1. The molecular formula is C10H17O4S-. The molecule has 0 heterocycles. The van der Waals surface area contributed by atoms with Crippen LogP contribution in [0.5, 0.6) is 0 Å². The van der Waals surface area contributed by atoms with E-state index in [1.807, 2.05) is 0 Å². The number of hydrogen-bond donors (Lipinski definition) is 1. The van der Waals surface area contributed by atoms with Crippen LogP contribution in [-0.2, 0) is 10.1 Å². The molecule has 2 rings (SSSR count). The zero-order chi connectivity index (χ0) is 11.1. The maximum Gasteiger partial charge on any atom is 0.0975 e. The summed E-state index contributed by atoms with van der Waals surface area (Å²) in [6, 6.07) is 0. The summed E-state index contributed by atoms with van der Waals surface area (Å²) in [5, 5.41) is 9.06. The Balaban J connectivity index is 2.06. The van der Waals surface area contributed by atoms with Crippen molar-refractivity contribution >= 4 is 10.1 Å². The van der Waals surface area contributed by atoms with Gasteiger partial charge in [0.2, 0.25) is 0 Å². The monoisotopic (exact) mass is 233 g/mol. The zero-order valence-electron chi connectivity index (χ0n) is 8.63. The van der Waals surface area contributed by atoms with Crippen LogP contribution in [0.15, 0.2) is 0 Å². The van der Waals surface area contributed by atoms with Gasteiger partial charge >= 0.3 is 0 Å². The van der Waals surface area contributed by atoms with E-state index in [9.17, 15) is 18.1 Å². The number of aliphatic hydroxyl groups excluding tert-OH is 1. The van der Waals surface area contributed by atoms with Crippen molar-refractivity contribution in [2.24, 2.45) is 11.8 Å². The largest absolute Gasteiger partial charge is 0.748 e. The molecule has 0 bridgehead atoms. The van der Waals surface area contributed by atoms with Crippen molar-refractivity contribution in [2.45, 2.75) is 49.9 Å². The summed E-state index contributed by atoms with van der Waals surface area (Å²) in [6.07, 6.45) is 4.06. The van der Waals surface area contributed by atoms with Crippen LogP contribution in [-0.4, -0.2) is 29.4 Å². The van der Waals surface area contributed by atoms with Crippen molar-refractivity contribution in [1.29, 1.82) is 0 Å². The summed E-state index contributed by atoms with van der Waals surface area (Å²) in [4.78, 5) is 0. The molecule has 4 atom stereocenters. The van der Waals surface area contributed by atoms with Crippen LogP contribution in [0.25, 0.3) is 0 Å². The lowest BCUT2D eigenvalue weighted by Crippen LogP contribution is -2.40. The summed E-state index contributed by atoms with van der Waals surface area (Å²) in [6.45, 7) is 0. The highest BCUT2D eigenvalue weighted by molar-refractivity contribution is 7.86. The molecule has 4 nitrogen and oxygen atoms in total. The van der Waals surface area contributed by atoms with Crippen molar-refractivity contribution in [3.8, 4) is 0 Å². The van der Waals surface area contributed by atoms with Crippen LogP contribution < -0.4 is 0 Å². The predicted molar refractivity (Wildman–Crippen MR) is 54.2 cm³/mol. The van der Waals surface area contributed by atoms with Gasteiger partial charge in [0.1, 0.15) is 0 Å². The van der Waals surface area contributed by atoms with E-state index in [-0.39, 0.29) is 17.9 Å². The quantitative estimate of drug-likeness (QED) is 0.681. The zero-order valence-corrected chi connectivity index (χ0v) is 9.45. The SMILES string of the molecule is O=S(=O)([O-])C1CCC2C(O)CCCC2C1. The lowest BCUT2D eigenvalue weighted by Gasteiger charge is -2.42. The van der Waals surface area contributed by atoms with Gasteiger partial charge in [0, 0.05) is 5.25 Å². The Labute approximate surface area is 90.4 Å². The van der Waals surface area contributed by atoms with Gasteiger partial charge in [-0.05, 0) is 43.9 Å². The van der Waals surface area contributed by atoms with E-state index in [1.165, 1.54) is 0 Å². The van der Waals surface area contributed by atoms with E-state index in [4.69, 9.17) is 0 Å². The molecule has 4 unspecified atom stereocenters. The molecule has 0 saturated heterocycles. The Kier molecular flexibility index (Phi) is 3.05. The summed E-state index contributed by atoms with van der Waals surface area (Å²) < 4.78 is 32.8. The number of hydrogen-bond acceptors (Lipinski definition) is 4. The molecule has 2 saturated carbocycles. The van der Waals surface area contributed by atoms with E-state index in [0.717, 1.165) is 19.3 Å². The fraction of sp³-hybridized carbons (Fsp3) is 1.00. The molecular weight excluding hydrogens is 216 g/mol. The average molecular weight is 233 g/mol. The van der Waals surface area contributed by atoms with Crippen molar-refractivity contribution in [2.75, 3.05) is 0 Å². The third-order valence-corrected chi connectivity index (χ3v) is 5.22. The van der Waals surface area contributed by atoms with E-state index in [2.05, 4.69) is 0 Å². The topological polar surface area (TPSA) is 77.4 Å². The first-order valence-electron chi connectivity index (χ1n) is 5.61. The normalized spacial score (nSPS) is 42.3. The molecule has 0 amide bonds. The molecule has 0 aromatic carbocycles. The van der Waals surface area contributed by atoms with Gasteiger partial charge in [0.25, 0.3) is 0 Å². The minimum atomic E-state index is -4.13. The predicted octanol–water partition coefficient (Wildman–Crippen LogP) is 0.861. The average Bonchev–Trinajstić information content (AvgIpc) is 2.16. The Bertz CT molecular complexity index is 324. The van der Waals surface area contributed by atoms with Gasteiger partial charge in [-0.15, -0.1) is 0 Å². The van der Waals surface area contributed by atoms with Crippen LogP contribution in [0, 0.1) is 11.8 Å². The van der Waals surface area contributed by atoms with Crippen LogP contribution >= 0.6 is 0 Å². The summed E-state index contributed by atoms with van der Waals surface area (Å²) in [7, 11) is -4.13. The molecule has 2 fully saturated rings. The molecule has 1 N–H and O–H groups in total. The van der Waals surface area contributed by atoms with Crippen molar-refractivity contribution in [3.63, 3.8) is 0 Å². The highest BCUT2D eigenvalue weighted by Gasteiger charge is 2.38. The first-order chi connectivity index (χ1) is 6.98. The minimum absolute atomic E-state index is 0.233. The van der Waals surface area contributed by atoms with Crippen LogP contribution in [0.2, 0.25) is 0 Å². The molecule has 15 heavy (non-hydrogen) atoms. The maximum absolute atomic E-state index is 10.9. The first kappa shape index (κ1) is 11.4. The van der Waals surface area contributed by atoms with Gasteiger partial charge in [-0.3, -0.25) is 0 Å². The molecule has 0 spiro atoms. The number of fused-ring (bicyclic) bond motifs is 1. The van der Waals surface area contributed by atoms with Crippen molar-refractivity contribution in [3.05, 3.63) is 0 Å². The second-order valence-electron chi connectivity index (χ2n) is 4.85. The fourth-order valence-corrected chi connectivity index (χ4v) is 4.06. The summed E-state index contributed by atoms with van der Waals surface area (Å²) in [5.74, 6) is 0.480. The highest BCUT2D eigenvalue weighted by atomic mass is 32.2. The maximum atomic E-state index is 10.9. The lowest BCUT2D eigenvalue weighted by atomic mass is 9.69. The smallest absolute Gasteiger partial charge is 0.0975 e. The van der Waals surface area contributed by atoms with Gasteiger partial charge < -0.3 is 9.66 Å². The lowest BCUT2D eigenvalue weighted by molar-refractivity contribution is 0.0107. The Hall–Kier alpha value is -0.130. The molecule has 5 heteroatoms. The van der Waals surface area contributed by atoms with E-state index >= 15 is 0 Å². The Morgan fingerprint density at radius 2 is 1.87 bits per heavy atom. The molecule has 0 radical (unpaired) electrons. The Morgan fingerprint density at radius 3 is 2.53 bits per heavy atom. The van der Waals surface area contributed by atoms with E-state index in [0.29, 0.717) is 19.3 Å².